The van der Waals surface area contributed by atoms with Gasteiger partial charge in [-0.05, 0) is 38.6 Å². The van der Waals surface area contributed by atoms with Crippen LogP contribution in [0, 0.1) is 0 Å². The zero-order valence-corrected chi connectivity index (χ0v) is 13.7. The van der Waals surface area contributed by atoms with Crippen molar-refractivity contribution in [1.82, 2.24) is 4.90 Å². The van der Waals surface area contributed by atoms with Crippen LogP contribution in [0.1, 0.15) is 26.7 Å². The van der Waals surface area contributed by atoms with Crippen molar-refractivity contribution in [1.29, 1.82) is 0 Å². The van der Waals surface area contributed by atoms with Crippen molar-refractivity contribution in [3.63, 3.8) is 0 Å². The summed E-state index contributed by atoms with van der Waals surface area (Å²) in [4.78, 5) is 2.20. The largest absolute Gasteiger partial charge is 0.395 e. The lowest BCUT2D eigenvalue weighted by atomic mass is 10.3. The van der Waals surface area contributed by atoms with E-state index in [1.54, 1.807) is 0 Å². The Bertz CT molecular complexity index is 265. The van der Waals surface area contributed by atoms with Crippen LogP contribution in [-0.2, 0) is 13.6 Å². The molecule has 2 unspecified atom stereocenters. The molecule has 2 atom stereocenters. The molecule has 0 spiro atoms. The molecule has 4 nitrogen and oxygen atoms in total. The fourth-order valence-electron chi connectivity index (χ4n) is 2.46. The van der Waals surface area contributed by atoms with Crippen molar-refractivity contribution < 1.29 is 13.6 Å². The average Bonchev–Trinajstić information content (AvgIpc) is 2.35. The highest BCUT2D eigenvalue weighted by atomic mass is 28.4. The highest BCUT2D eigenvalue weighted by molar-refractivity contribution is 6.66. The predicted molar refractivity (Wildman–Crippen MR) is 80.4 cm³/mol. The molecule has 0 aromatic heterocycles. The van der Waals surface area contributed by atoms with E-state index in [2.05, 4.69) is 24.9 Å². The lowest BCUT2D eigenvalue weighted by Gasteiger charge is -2.35. The fourth-order valence-corrected chi connectivity index (χ4v) is 5.04. The van der Waals surface area contributed by atoms with E-state index in [4.69, 9.17) is 13.6 Å². The summed E-state index contributed by atoms with van der Waals surface area (Å²) in [5.74, 6) is 0. The van der Waals surface area contributed by atoms with Gasteiger partial charge in [-0.2, -0.15) is 0 Å². The van der Waals surface area contributed by atoms with Crippen molar-refractivity contribution in [2.45, 2.75) is 45.4 Å². The first-order chi connectivity index (χ1) is 9.13. The summed E-state index contributed by atoms with van der Waals surface area (Å²) in [5.41, 5.74) is 0. The molecule has 19 heavy (non-hydrogen) atoms. The first-order valence-corrected chi connectivity index (χ1v) is 9.92. The Hall–Kier alpha value is -0.363. The Morgan fingerprint density at radius 2 is 2.26 bits per heavy atom. The van der Waals surface area contributed by atoms with E-state index in [9.17, 15) is 0 Å². The SMILES string of the molecule is C=CN(CCC)CC1COCCC[Si](C)(OCC)O1. The minimum absolute atomic E-state index is 0.0908. The van der Waals surface area contributed by atoms with Gasteiger partial charge in [0, 0.05) is 26.3 Å². The maximum absolute atomic E-state index is 6.30. The highest BCUT2D eigenvalue weighted by Gasteiger charge is 2.35. The summed E-state index contributed by atoms with van der Waals surface area (Å²) in [6.45, 7) is 14.3. The van der Waals surface area contributed by atoms with E-state index in [0.29, 0.717) is 6.61 Å². The summed E-state index contributed by atoms with van der Waals surface area (Å²) in [5, 5.41) is 0. The van der Waals surface area contributed by atoms with Gasteiger partial charge in [0.1, 0.15) is 0 Å². The maximum Gasteiger partial charge on any atom is 0.335 e. The van der Waals surface area contributed by atoms with Gasteiger partial charge in [0.2, 0.25) is 0 Å². The maximum atomic E-state index is 6.30. The monoisotopic (exact) mass is 287 g/mol. The third kappa shape index (κ3) is 6.08. The van der Waals surface area contributed by atoms with Crippen LogP contribution in [0.15, 0.2) is 12.8 Å². The summed E-state index contributed by atoms with van der Waals surface area (Å²) in [7, 11) is -2.03. The Morgan fingerprint density at radius 3 is 2.89 bits per heavy atom. The lowest BCUT2D eigenvalue weighted by molar-refractivity contribution is 0.00372. The molecule has 1 rings (SSSR count). The van der Waals surface area contributed by atoms with E-state index < -0.39 is 8.56 Å². The number of hydrogen-bond donors (Lipinski definition) is 0. The van der Waals surface area contributed by atoms with Crippen molar-refractivity contribution in [2.24, 2.45) is 0 Å². The van der Waals surface area contributed by atoms with Crippen LogP contribution in [0.3, 0.4) is 0 Å². The van der Waals surface area contributed by atoms with Gasteiger partial charge in [-0.1, -0.05) is 13.5 Å². The molecular weight excluding hydrogens is 258 g/mol. The van der Waals surface area contributed by atoms with Gasteiger partial charge in [-0.3, -0.25) is 0 Å². The average molecular weight is 287 g/mol. The summed E-state index contributed by atoms with van der Waals surface area (Å²) >= 11 is 0. The molecule has 1 heterocycles. The molecule has 0 saturated carbocycles. The molecule has 1 aliphatic rings. The normalized spacial score (nSPS) is 28.5. The molecule has 0 N–H and O–H groups in total. The van der Waals surface area contributed by atoms with Gasteiger partial charge >= 0.3 is 8.56 Å². The van der Waals surface area contributed by atoms with Crippen molar-refractivity contribution >= 4 is 8.56 Å². The Balaban J connectivity index is 2.59. The first-order valence-electron chi connectivity index (χ1n) is 7.39. The molecule has 5 heteroatoms. The van der Waals surface area contributed by atoms with Crippen LogP contribution < -0.4 is 0 Å². The molecule has 0 aliphatic carbocycles. The summed E-state index contributed by atoms with van der Waals surface area (Å²) in [6.07, 6.45) is 4.13. The second-order valence-electron chi connectivity index (χ2n) is 5.16. The Morgan fingerprint density at radius 1 is 1.47 bits per heavy atom. The zero-order chi connectivity index (χ0) is 14.1. The van der Waals surface area contributed by atoms with E-state index in [-0.39, 0.29) is 6.10 Å². The van der Waals surface area contributed by atoms with Gasteiger partial charge in [0.05, 0.1) is 12.7 Å². The van der Waals surface area contributed by atoms with Crippen LogP contribution in [-0.4, -0.2) is 52.5 Å². The second-order valence-corrected chi connectivity index (χ2v) is 8.45. The molecule has 0 aromatic carbocycles. The summed E-state index contributed by atoms with van der Waals surface area (Å²) in [6, 6.07) is 1.01. The number of ether oxygens (including phenoxy) is 1. The molecule has 1 fully saturated rings. The lowest BCUT2D eigenvalue weighted by Crippen LogP contribution is -2.48. The molecule has 0 bridgehead atoms. The van der Waals surface area contributed by atoms with E-state index in [1.165, 1.54) is 0 Å². The minimum atomic E-state index is -2.03. The smallest absolute Gasteiger partial charge is 0.335 e. The first kappa shape index (κ1) is 16.7. The molecule has 0 amide bonds. The number of nitrogens with zero attached hydrogens (tertiary/aromatic N) is 1. The number of rotatable bonds is 7. The van der Waals surface area contributed by atoms with Crippen LogP contribution in [0.4, 0.5) is 0 Å². The van der Waals surface area contributed by atoms with Gasteiger partial charge in [-0.25, -0.2) is 0 Å². The Labute approximate surface area is 119 Å². The number of hydrogen-bond acceptors (Lipinski definition) is 4. The van der Waals surface area contributed by atoms with Gasteiger partial charge < -0.3 is 18.5 Å². The van der Waals surface area contributed by atoms with Crippen molar-refractivity contribution in [2.75, 3.05) is 32.9 Å². The summed E-state index contributed by atoms with van der Waals surface area (Å²) < 4.78 is 17.9. The third-order valence-electron chi connectivity index (χ3n) is 3.30. The van der Waals surface area contributed by atoms with Gasteiger partial charge in [0.15, 0.2) is 0 Å². The standard InChI is InChI=1S/C14H29NO3Si/c1-5-9-15(6-2)12-14-13-16-10-8-11-19(4,18-14)17-7-3/h6,14H,2,5,7-13H2,1,3-4H3. The van der Waals surface area contributed by atoms with Crippen molar-refractivity contribution in [3.05, 3.63) is 12.8 Å². The van der Waals surface area contributed by atoms with Gasteiger partial charge in [0.25, 0.3) is 0 Å². The molecule has 0 radical (unpaired) electrons. The van der Waals surface area contributed by atoms with E-state index >= 15 is 0 Å². The van der Waals surface area contributed by atoms with E-state index in [0.717, 1.165) is 45.2 Å². The van der Waals surface area contributed by atoms with Gasteiger partial charge in [-0.15, -0.1) is 0 Å². The predicted octanol–water partition coefficient (Wildman–Crippen LogP) is 2.76. The minimum Gasteiger partial charge on any atom is -0.395 e. The molecular formula is C14H29NO3Si. The second kappa shape index (κ2) is 8.74. The quantitative estimate of drug-likeness (QED) is 0.674. The van der Waals surface area contributed by atoms with Crippen LogP contribution in [0.2, 0.25) is 12.6 Å². The van der Waals surface area contributed by atoms with Crippen LogP contribution in [0.5, 0.6) is 0 Å². The fraction of sp³-hybridized carbons (Fsp3) is 0.857. The molecule has 1 saturated heterocycles. The zero-order valence-electron chi connectivity index (χ0n) is 12.7. The molecule has 0 aromatic rings. The highest BCUT2D eigenvalue weighted by Crippen LogP contribution is 2.21. The topological polar surface area (TPSA) is 30.9 Å². The van der Waals surface area contributed by atoms with Crippen LogP contribution in [0.25, 0.3) is 0 Å². The van der Waals surface area contributed by atoms with Crippen molar-refractivity contribution in [3.8, 4) is 0 Å². The van der Waals surface area contributed by atoms with E-state index in [1.807, 2.05) is 13.1 Å². The molecule has 1 aliphatic heterocycles. The van der Waals surface area contributed by atoms with Crippen LogP contribution >= 0.6 is 0 Å². The Kier molecular flexibility index (Phi) is 7.68. The third-order valence-corrected chi connectivity index (χ3v) is 6.29. The molecule has 112 valence electrons.